The summed E-state index contributed by atoms with van der Waals surface area (Å²) in [7, 11) is 1.60. The SMILES string of the molecule is COc1cccc(CNC(=O)c2cc(=O)n3c(nc4cc(C)c(C)cc43)s2)c1. The van der Waals surface area contributed by atoms with E-state index >= 15 is 0 Å². The number of nitrogens with one attached hydrogen (secondary N) is 1. The number of carbonyl (C=O) groups excluding carboxylic acids is 1. The number of hydrogen-bond donors (Lipinski definition) is 1. The van der Waals surface area contributed by atoms with E-state index in [9.17, 15) is 9.59 Å². The van der Waals surface area contributed by atoms with Gasteiger partial charge in [0.05, 0.1) is 18.1 Å². The Kier molecular flexibility index (Phi) is 4.60. The molecule has 0 bridgehead atoms. The summed E-state index contributed by atoms with van der Waals surface area (Å²) >= 11 is 1.20. The van der Waals surface area contributed by atoms with E-state index in [2.05, 4.69) is 10.3 Å². The highest BCUT2D eigenvalue weighted by atomic mass is 32.1. The average molecular weight is 393 g/mol. The lowest BCUT2D eigenvalue weighted by atomic mass is 10.1. The zero-order valence-corrected chi connectivity index (χ0v) is 16.6. The van der Waals surface area contributed by atoms with Gasteiger partial charge in [-0.05, 0) is 54.8 Å². The third-order valence-electron chi connectivity index (χ3n) is 4.73. The Balaban J connectivity index is 1.66. The quantitative estimate of drug-likeness (QED) is 0.576. The fraction of sp³-hybridized carbons (Fsp3) is 0.190. The van der Waals surface area contributed by atoms with Gasteiger partial charge in [-0.3, -0.25) is 14.0 Å². The first-order chi connectivity index (χ1) is 13.5. The van der Waals surface area contributed by atoms with Crippen LogP contribution >= 0.6 is 11.3 Å². The van der Waals surface area contributed by atoms with Crippen LogP contribution in [-0.4, -0.2) is 22.4 Å². The molecule has 0 atom stereocenters. The zero-order chi connectivity index (χ0) is 19.8. The van der Waals surface area contributed by atoms with E-state index in [-0.39, 0.29) is 11.5 Å². The summed E-state index contributed by atoms with van der Waals surface area (Å²) in [5, 5.41) is 2.85. The van der Waals surface area contributed by atoms with Crippen molar-refractivity contribution in [1.29, 1.82) is 0 Å². The molecule has 0 saturated carbocycles. The largest absolute Gasteiger partial charge is 0.497 e. The summed E-state index contributed by atoms with van der Waals surface area (Å²) < 4.78 is 6.75. The topological polar surface area (TPSA) is 72.7 Å². The number of nitrogens with zero attached hydrogens (tertiary/aromatic N) is 2. The Morgan fingerprint density at radius 2 is 1.96 bits per heavy atom. The van der Waals surface area contributed by atoms with Crippen LogP contribution in [0, 0.1) is 13.8 Å². The van der Waals surface area contributed by atoms with Crippen molar-refractivity contribution in [2.24, 2.45) is 0 Å². The number of fused-ring (bicyclic) bond motifs is 3. The first kappa shape index (κ1) is 18.2. The number of rotatable bonds is 4. The van der Waals surface area contributed by atoms with Gasteiger partial charge in [-0.1, -0.05) is 23.5 Å². The number of methoxy groups -OCH3 is 1. The van der Waals surface area contributed by atoms with Crippen LogP contribution in [0.15, 0.2) is 47.3 Å². The zero-order valence-electron chi connectivity index (χ0n) is 15.8. The van der Waals surface area contributed by atoms with Crippen LogP contribution < -0.4 is 15.6 Å². The van der Waals surface area contributed by atoms with Gasteiger partial charge >= 0.3 is 0 Å². The second kappa shape index (κ2) is 7.09. The summed E-state index contributed by atoms with van der Waals surface area (Å²) in [5.74, 6) is 0.430. The molecule has 0 aliphatic rings. The third-order valence-corrected chi connectivity index (χ3v) is 5.71. The molecule has 2 aromatic heterocycles. The number of hydrogen-bond acceptors (Lipinski definition) is 5. The minimum atomic E-state index is -0.299. The summed E-state index contributed by atoms with van der Waals surface area (Å²) in [6, 6.07) is 12.8. The van der Waals surface area contributed by atoms with Crippen molar-refractivity contribution in [2.45, 2.75) is 20.4 Å². The van der Waals surface area contributed by atoms with E-state index in [4.69, 9.17) is 4.74 Å². The van der Waals surface area contributed by atoms with Crippen LogP contribution in [0.3, 0.4) is 0 Å². The lowest BCUT2D eigenvalue weighted by molar-refractivity contribution is 0.0954. The Bertz CT molecular complexity index is 1270. The molecule has 0 aliphatic heterocycles. The molecule has 7 heteroatoms. The molecule has 0 fully saturated rings. The number of ether oxygens (including phenoxy) is 1. The Hall–Kier alpha value is -3.19. The molecule has 142 valence electrons. The van der Waals surface area contributed by atoms with Gasteiger partial charge in [0.25, 0.3) is 11.5 Å². The molecule has 28 heavy (non-hydrogen) atoms. The van der Waals surface area contributed by atoms with Crippen molar-refractivity contribution < 1.29 is 9.53 Å². The van der Waals surface area contributed by atoms with Crippen LogP contribution in [0.25, 0.3) is 16.0 Å². The Morgan fingerprint density at radius 3 is 2.75 bits per heavy atom. The first-order valence-electron chi connectivity index (χ1n) is 8.81. The molecule has 6 nitrogen and oxygen atoms in total. The lowest BCUT2D eigenvalue weighted by Crippen LogP contribution is -2.24. The van der Waals surface area contributed by atoms with E-state index in [1.54, 1.807) is 11.5 Å². The van der Waals surface area contributed by atoms with Crippen LogP contribution in [0.4, 0.5) is 0 Å². The predicted octanol–water partition coefficient (Wildman–Crippen LogP) is 3.46. The highest BCUT2D eigenvalue weighted by Crippen LogP contribution is 2.22. The van der Waals surface area contributed by atoms with Crippen LogP contribution in [-0.2, 0) is 6.54 Å². The van der Waals surface area contributed by atoms with Gasteiger partial charge in [-0.25, -0.2) is 4.98 Å². The molecule has 0 unspecified atom stereocenters. The smallest absolute Gasteiger partial charge is 0.261 e. The van der Waals surface area contributed by atoms with Gasteiger partial charge in [-0.2, -0.15) is 0 Å². The predicted molar refractivity (Wildman–Crippen MR) is 110 cm³/mol. The number of carbonyl (C=O) groups is 1. The van der Waals surface area contributed by atoms with E-state index in [1.807, 2.05) is 50.2 Å². The van der Waals surface area contributed by atoms with Gasteiger partial charge in [0.1, 0.15) is 10.6 Å². The van der Waals surface area contributed by atoms with Crippen molar-refractivity contribution >= 4 is 33.2 Å². The second-order valence-corrected chi connectivity index (χ2v) is 7.65. The third kappa shape index (κ3) is 3.25. The minimum absolute atomic E-state index is 0.258. The van der Waals surface area contributed by atoms with Gasteiger partial charge in [-0.15, -0.1) is 0 Å². The van der Waals surface area contributed by atoms with Crippen LogP contribution in [0.5, 0.6) is 5.75 Å². The Morgan fingerprint density at radius 1 is 1.18 bits per heavy atom. The van der Waals surface area contributed by atoms with Gasteiger partial charge in [0.2, 0.25) is 0 Å². The summed E-state index contributed by atoms with van der Waals surface area (Å²) in [6.07, 6.45) is 0. The summed E-state index contributed by atoms with van der Waals surface area (Å²) in [4.78, 5) is 30.6. The van der Waals surface area contributed by atoms with E-state index in [1.165, 1.54) is 17.4 Å². The number of imidazole rings is 1. The molecule has 2 heterocycles. The van der Waals surface area contributed by atoms with Crippen molar-refractivity contribution in [1.82, 2.24) is 14.7 Å². The molecule has 0 spiro atoms. The molecule has 0 saturated heterocycles. The monoisotopic (exact) mass is 393 g/mol. The maximum atomic E-state index is 12.7. The molecule has 1 amide bonds. The highest BCUT2D eigenvalue weighted by molar-refractivity contribution is 7.18. The average Bonchev–Trinajstić information content (AvgIpc) is 3.04. The molecule has 0 radical (unpaired) electrons. The fourth-order valence-corrected chi connectivity index (χ4v) is 4.01. The lowest BCUT2D eigenvalue weighted by Gasteiger charge is -2.07. The normalized spacial score (nSPS) is 11.1. The van der Waals surface area contributed by atoms with Gasteiger partial charge in [0.15, 0.2) is 4.96 Å². The molecular formula is C21H19N3O3S. The van der Waals surface area contributed by atoms with Gasteiger partial charge in [0, 0.05) is 12.6 Å². The maximum Gasteiger partial charge on any atom is 0.261 e. The minimum Gasteiger partial charge on any atom is -0.497 e. The van der Waals surface area contributed by atoms with Crippen LogP contribution in [0.2, 0.25) is 0 Å². The van der Waals surface area contributed by atoms with E-state index in [0.717, 1.165) is 33.5 Å². The summed E-state index contributed by atoms with van der Waals surface area (Å²) in [5.41, 5.74) is 4.39. The van der Waals surface area contributed by atoms with E-state index in [0.29, 0.717) is 16.4 Å². The molecule has 2 aromatic carbocycles. The molecule has 1 N–H and O–H groups in total. The number of aromatic nitrogens is 2. The number of aryl methyl sites for hydroxylation is 2. The van der Waals surface area contributed by atoms with Gasteiger partial charge < -0.3 is 10.1 Å². The number of benzene rings is 2. The maximum absolute atomic E-state index is 12.7. The molecular weight excluding hydrogens is 374 g/mol. The van der Waals surface area contributed by atoms with E-state index < -0.39 is 0 Å². The molecule has 0 aliphatic carbocycles. The Labute approximate surface area is 165 Å². The summed E-state index contributed by atoms with van der Waals surface area (Å²) in [6.45, 7) is 4.36. The van der Waals surface area contributed by atoms with Crippen molar-refractivity contribution in [3.8, 4) is 5.75 Å². The van der Waals surface area contributed by atoms with Crippen LogP contribution in [0.1, 0.15) is 26.4 Å². The highest BCUT2D eigenvalue weighted by Gasteiger charge is 2.15. The fourth-order valence-electron chi connectivity index (χ4n) is 3.06. The number of amides is 1. The molecule has 4 rings (SSSR count). The van der Waals surface area contributed by atoms with Crippen molar-refractivity contribution in [3.05, 3.63) is 74.4 Å². The molecule has 4 aromatic rings. The second-order valence-electron chi connectivity index (χ2n) is 6.64. The standard InChI is InChI=1S/C21H19N3O3S/c1-12-7-16-17(8-13(12)2)24-19(25)10-18(28-21(24)23-16)20(26)22-11-14-5-4-6-15(9-14)27-3/h4-10H,11H2,1-3H3,(H,22,26). The van der Waals surface area contributed by atoms with Crippen molar-refractivity contribution in [3.63, 3.8) is 0 Å². The first-order valence-corrected chi connectivity index (χ1v) is 9.62. The van der Waals surface area contributed by atoms with Crippen molar-refractivity contribution in [2.75, 3.05) is 7.11 Å².